The van der Waals surface area contributed by atoms with E-state index in [0.717, 1.165) is 12.8 Å². The van der Waals surface area contributed by atoms with E-state index in [0.29, 0.717) is 31.2 Å². The Morgan fingerprint density at radius 3 is 2.67 bits per heavy atom. The zero-order valence-corrected chi connectivity index (χ0v) is 7.42. The fourth-order valence-corrected chi connectivity index (χ4v) is 1.61. The van der Waals surface area contributed by atoms with Gasteiger partial charge in [0.1, 0.15) is 5.78 Å². The van der Waals surface area contributed by atoms with Crippen LogP contribution in [0, 0.1) is 11.3 Å². The van der Waals surface area contributed by atoms with Crippen molar-refractivity contribution in [3.05, 3.63) is 0 Å². The summed E-state index contributed by atoms with van der Waals surface area (Å²) < 4.78 is 0. The zero-order chi connectivity index (χ0) is 8.97. The summed E-state index contributed by atoms with van der Waals surface area (Å²) in [4.78, 5) is 12.9. The summed E-state index contributed by atoms with van der Waals surface area (Å²) in [7, 11) is 1.95. The number of nitriles is 1. The van der Waals surface area contributed by atoms with Gasteiger partial charge in [0, 0.05) is 18.9 Å². The van der Waals surface area contributed by atoms with E-state index in [4.69, 9.17) is 5.26 Å². The first kappa shape index (κ1) is 9.21. The SMILES string of the molecule is CN(CC#N)C1CCC(=O)CC1. The summed E-state index contributed by atoms with van der Waals surface area (Å²) in [5.41, 5.74) is 0. The van der Waals surface area contributed by atoms with E-state index in [9.17, 15) is 4.79 Å². The van der Waals surface area contributed by atoms with Gasteiger partial charge in [-0.25, -0.2) is 0 Å². The molecule has 0 amide bonds. The van der Waals surface area contributed by atoms with Crippen molar-refractivity contribution in [3.63, 3.8) is 0 Å². The number of hydrogen-bond acceptors (Lipinski definition) is 3. The van der Waals surface area contributed by atoms with Crippen LogP contribution < -0.4 is 0 Å². The minimum atomic E-state index is 0.372. The summed E-state index contributed by atoms with van der Waals surface area (Å²) in [5.74, 6) is 0.372. The molecule has 0 aromatic carbocycles. The molecule has 0 N–H and O–H groups in total. The van der Waals surface area contributed by atoms with Crippen LogP contribution in [-0.4, -0.2) is 30.3 Å². The van der Waals surface area contributed by atoms with Crippen molar-refractivity contribution in [1.82, 2.24) is 4.90 Å². The molecule has 0 bridgehead atoms. The predicted molar refractivity (Wildman–Crippen MR) is 45.5 cm³/mol. The molecule has 12 heavy (non-hydrogen) atoms. The van der Waals surface area contributed by atoms with Gasteiger partial charge in [-0.1, -0.05) is 0 Å². The van der Waals surface area contributed by atoms with E-state index < -0.39 is 0 Å². The minimum absolute atomic E-state index is 0.372. The second-order valence-electron chi connectivity index (χ2n) is 3.34. The molecule has 1 aliphatic carbocycles. The standard InChI is InChI=1S/C9H14N2O/c1-11(7-6-10)8-2-4-9(12)5-3-8/h8H,2-5,7H2,1H3. The first-order chi connectivity index (χ1) is 5.74. The summed E-state index contributed by atoms with van der Waals surface area (Å²) in [6.07, 6.45) is 3.24. The molecule has 0 aromatic rings. The maximum absolute atomic E-state index is 10.9. The first-order valence-electron chi connectivity index (χ1n) is 4.33. The number of carbonyl (C=O) groups is 1. The molecule has 3 nitrogen and oxygen atoms in total. The van der Waals surface area contributed by atoms with E-state index in [1.807, 2.05) is 11.9 Å². The highest BCUT2D eigenvalue weighted by Gasteiger charge is 2.21. The molecule has 66 valence electrons. The Morgan fingerprint density at radius 2 is 2.17 bits per heavy atom. The van der Waals surface area contributed by atoms with Crippen molar-refractivity contribution < 1.29 is 4.79 Å². The van der Waals surface area contributed by atoms with Gasteiger partial charge in [0.2, 0.25) is 0 Å². The Morgan fingerprint density at radius 1 is 1.58 bits per heavy atom. The molecule has 0 radical (unpaired) electrons. The molecule has 3 heteroatoms. The van der Waals surface area contributed by atoms with E-state index in [1.165, 1.54) is 0 Å². The van der Waals surface area contributed by atoms with Crippen molar-refractivity contribution in [2.24, 2.45) is 0 Å². The van der Waals surface area contributed by atoms with Gasteiger partial charge in [-0.2, -0.15) is 5.26 Å². The molecule has 0 atom stereocenters. The van der Waals surface area contributed by atoms with Crippen LogP contribution in [0.1, 0.15) is 25.7 Å². The average molecular weight is 166 g/mol. The maximum atomic E-state index is 10.9. The van der Waals surface area contributed by atoms with E-state index in [1.54, 1.807) is 0 Å². The number of carbonyl (C=O) groups excluding carboxylic acids is 1. The van der Waals surface area contributed by atoms with Crippen LogP contribution in [0.3, 0.4) is 0 Å². The fraction of sp³-hybridized carbons (Fsp3) is 0.778. The highest BCUT2D eigenvalue weighted by atomic mass is 16.1. The quantitative estimate of drug-likeness (QED) is 0.574. The molecule has 0 aliphatic heterocycles. The molecule has 0 saturated heterocycles. The lowest BCUT2D eigenvalue weighted by Gasteiger charge is -2.28. The topological polar surface area (TPSA) is 44.1 Å². The minimum Gasteiger partial charge on any atom is -0.300 e. The molecule has 1 fully saturated rings. The lowest BCUT2D eigenvalue weighted by molar-refractivity contribution is -0.121. The highest BCUT2D eigenvalue weighted by molar-refractivity contribution is 5.79. The van der Waals surface area contributed by atoms with Crippen molar-refractivity contribution in [2.45, 2.75) is 31.7 Å². The number of ketones is 1. The third kappa shape index (κ3) is 2.31. The van der Waals surface area contributed by atoms with Crippen LogP contribution in [0.5, 0.6) is 0 Å². The normalized spacial score (nSPS) is 19.6. The third-order valence-corrected chi connectivity index (χ3v) is 2.46. The van der Waals surface area contributed by atoms with Gasteiger partial charge < -0.3 is 0 Å². The van der Waals surface area contributed by atoms with Crippen LogP contribution in [0.15, 0.2) is 0 Å². The molecular formula is C9H14N2O. The molecule has 1 saturated carbocycles. The van der Waals surface area contributed by atoms with Crippen molar-refractivity contribution >= 4 is 5.78 Å². The number of nitrogens with zero attached hydrogens (tertiary/aromatic N) is 2. The second kappa shape index (κ2) is 4.22. The Kier molecular flexibility index (Phi) is 3.24. The van der Waals surface area contributed by atoms with Gasteiger partial charge in [-0.05, 0) is 19.9 Å². The lowest BCUT2D eigenvalue weighted by Crippen LogP contribution is -2.35. The maximum Gasteiger partial charge on any atom is 0.133 e. The Hall–Kier alpha value is -0.880. The summed E-state index contributed by atoms with van der Waals surface area (Å²) in [6.45, 7) is 0.471. The van der Waals surface area contributed by atoms with Crippen LogP contribution >= 0.6 is 0 Å². The highest BCUT2D eigenvalue weighted by Crippen LogP contribution is 2.18. The van der Waals surface area contributed by atoms with E-state index >= 15 is 0 Å². The monoisotopic (exact) mass is 166 g/mol. The second-order valence-corrected chi connectivity index (χ2v) is 3.34. The molecule has 1 rings (SSSR count). The zero-order valence-electron chi connectivity index (χ0n) is 7.42. The average Bonchev–Trinajstić information content (AvgIpc) is 2.06. The van der Waals surface area contributed by atoms with Gasteiger partial charge in [0.25, 0.3) is 0 Å². The number of rotatable bonds is 2. The molecule has 0 spiro atoms. The molecule has 0 heterocycles. The summed E-state index contributed by atoms with van der Waals surface area (Å²) in [5, 5.41) is 8.46. The molecule has 0 unspecified atom stereocenters. The Bertz CT molecular complexity index is 197. The Labute approximate surface area is 73.0 Å². The number of hydrogen-bond donors (Lipinski definition) is 0. The van der Waals surface area contributed by atoms with E-state index in [2.05, 4.69) is 6.07 Å². The molecule has 1 aliphatic rings. The van der Waals surface area contributed by atoms with Crippen LogP contribution in [0.2, 0.25) is 0 Å². The van der Waals surface area contributed by atoms with Crippen molar-refractivity contribution in [2.75, 3.05) is 13.6 Å². The lowest BCUT2D eigenvalue weighted by atomic mass is 9.93. The fourth-order valence-electron chi connectivity index (χ4n) is 1.61. The van der Waals surface area contributed by atoms with Gasteiger partial charge >= 0.3 is 0 Å². The largest absolute Gasteiger partial charge is 0.300 e. The van der Waals surface area contributed by atoms with Gasteiger partial charge in [0.15, 0.2) is 0 Å². The van der Waals surface area contributed by atoms with Crippen LogP contribution in [-0.2, 0) is 4.79 Å². The van der Waals surface area contributed by atoms with E-state index in [-0.39, 0.29) is 0 Å². The number of Topliss-reactive ketones (excluding diaryl/α,β-unsaturated/α-hetero) is 1. The first-order valence-corrected chi connectivity index (χ1v) is 4.33. The third-order valence-electron chi connectivity index (χ3n) is 2.46. The van der Waals surface area contributed by atoms with Gasteiger partial charge in [0.05, 0.1) is 12.6 Å². The van der Waals surface area contributed by atoms with Crippen molar-refractivity contribution in [3.8, 4) is 6.07 Å². The smallest absolute Gasteiger partial charge is 0.133 e. The summed E-state index contributed by atoms with van der Waals surface area (Å²) in [6, 6.07) is 2.56. The molecular weight excluding hydrogens is 152 g/mol. The Balaban J connectivity index is 2.34. The predicted octanol–water partition coefficient (Wildman–Crippen LogP) is 0.953. The summed E-state index contributed by atoms with van der Waals surface area (Å²) >= 11 is 0. The molecule has 0 aromatic heterocycles. The van der Waals surface area contributed by atoms with Crippen LogP contribution in [0.4, 0.5) is 0 Å². The van der Waals surface area contributed by atoms with Gasteiger partial charge in [-0.15, -0.1) is 0 Å². The van der Waals surface area contributed by atoms with Crippen molar-refractivity contribution in [1.29, 1.82) is 5.26 Å². The van der Waals surface area contributed by atoms with Gasteiger partial charge in [-0.3, -0.25) is 9.69 Å². The van der Waals surface area contributed by atoms with Crippen LogP contribution in [0.25, 0.3) is 0 Å².